The maximum atomic E-state index is 12.0. The number of rotatable bonds is 2. The van der Waals surface area contributed by atoms with Gasteiger partial charge in [0.15, 0.2) is 11.6 Å². The minimum absolute atomic E-state index is 0.00461. The number of aromatic nitrogens is 2. The van der Waals surface area contributed by atoms with Crippen molar-refractivity contribution in [2.75, 3.05) is 0 Å². The molecule has 0 aromatic carbocycles. The summed E-state index contributed by atoms with van der Waals surface area (Å²) in [6, 6.07) is 0.00461. The molecule has 0 bridgehead atoms. The highest BCUT2D eigenvalue weighted by atomic mass is 16.2. The standard InChI is InChI=1S/C11H9N3O3/c1-5(15)9-12-4-7-8(13-9)11(17)14(10(7)16)6-2-3-6/h4,6H,2-3H2,1H3. The molecule has 2 amide bonds. The Bertz CT molecular complexity index is 563. The zero-order chi connectivity index (χ0) is 12.2. The van der Waals surface area contributed by atoms with Crippen LogP contribution in [0, 0.1) is 0 Å². The molecule has 1 aliphatic carbocycles. The van der Waals surface area contributed by atoms with Crippen molar-refractivity contribution >= 4 is 17.6 Å². The third kappa shape index (κ3) is 1.37. The number of hydrogen-bond acceptors (Lipinski definition) is 5. The summed E-state index contributed by atoms with van der Waals surface area (Å²) in [6.45, 7) is 1.32. The van der Waals surface area contributed by atoms with E-state index in [1.165, 1.54) is 18.0 Å². The van der Waals surface area contributed by atoms with Gasteiger partial charge in [0.25, 0.3) is 11.8 Å². The Morgan fingerprint density at radius 3 is 2.65 bits per heavy atom. The Morgan fingerprint density at radius 1 is 1.35 bits per heavy atom. The molecule has 2 aliphatic rings. The Balaban J connectivity index is 2.09. The molecular weight excluding hydrogens is 222 g/mol. The van der Waals surface area contributed by atoms with E-state index in [4.69, 9.17) is 0 Å². The van der Waals surface area contributed by atoms with E-state index < -0.39 is 5.91 Å². The van der Waals surface area contributed by atoms with Crippen molar-refractivity contribution in [1.29, 1.82) is 0 Å². The molecule has 3 rings (SSSR count). The van der Waals surface area contributed by atoms with Crippen molar-refractivity contribution in [1.82, 2.24) is 14.9 Å². The smallest absolute Gasteiger partial charge is 0.280 e. The minimum Gasteiger partial charge on any atom is -0.291 e. The molecule has 17 heavy (non-hydrogen) atoms. The van der Waals surface area contributed by atoms with E-state index in [1.54, 1.807) is 0 Å². The van der Waals surface area contributed by atoms with Crippen LogP contribution in [-0.4, -0.2) is 38.5 Å². The quantitative estimate of drug-likeness (QED) is 0.545. The fourth-order valence-corrected chi connectivity index (χ4v) is 1.87. The van der Waals surface area contributed by atoms with Gasteiger partial charge in [-0.3, -0.25) is 19.3 Å². The summed E-state index contributed by atoms with van der Waals surface area (Å²) in [6.07, 6.45) is 2.96. The van der Waals surface area contributed by atoms with Gasteiger partial charge in [-0.15, -0.1) is 0 Å². The maximum Gasteiger partial charge on any atom is 0.280 e. The van der Waals surface area contributed by atoms with Crippen LogP contribution < -0.4 is 0 Å². The van der Waals surface area contributed by atoms with Crippen LogP contribution in [-0.2, 0) is 0 Å². The predicted octanol–water partition coefficient (Wildman–Crippen LogP) is 0.438. The van der Waals surface area contributed by atoms with E-state index >= 15 is 0 Å². The first-order valence-electron chi connectivity index (χ1n) is 5.35. The van der Waals surface area contributed by atoms with E-state index in [1.807, 2.05) is 0 Å². The monoisotopic (exact) mass is 231 g/mol. The van der Waals surface area contributed by atoms with Crippen molar-refractivity contribution in [2.24, 2.45) is 0 Å². The lowest BCUT2D eigenvalue weighted by atomic mass is 10.2. The number of carbonyl (C=O) groups is 3. The molecule has 1 aromatic rings. The first-order chi connectivity index (χ1) is 8.09. The van der Waals surface area contributed by atoms with Crippen molar-refractivity contribution in [3.8, 4) is 0 Å². The van der Waals surface area contributed by atoms with Gasteiger partial charge in [0.05, 0.1) is 5.56 Å². The van der Waals surface area contributed by atoms with Gasteiger partial charge in [-0.05, 0) is 12.8 Å². The molecule has 0 saturated heterocycles. The van der Waals surface area contributed by atoms with Crippen molar-refractivity contribution in [3.63, 3.8) is 0 Å². The average Bonchev–Trinajstić information content (AvgIpc) is 3.09. The highest BCUT2D eigenvalue weighted by molar-refractivity contribution is 6.20. The molecule has 0 unspecified atom stereocenters. The highest BCUT2D eigenvalue weighted by Gasteiger charge is 2.45. The van der Waals surface area contributed by atoms with Crippen LogP contribution in [0.25, 0.3) is 0 Å². The molecule has 1 saturated carbocycles. The Hall–Kier alpha value is -2.11. The summed E-state index contributed by atoms with van der Waals surface area (Å²) >= 11 is 0. The van der Waals surface area contributed by atoms with E-state index in [-0.39, 0.29) is 34.8 Å². The molecular formula is C11H9N3O3. The molecule has 0 atom stereocenters. The molecule has 6 nitrogen and oxygen atoms in total. The average molecular weight is 231 g/mol. The molecule has 0 N–H and O–H groups in total. The lowest BCUT2D eigenvalue weighted by Gasteiger charge is -2.10. The molecule has 2 heterocycles. The summed E-state index contributed by atoms with van der Waals surface area (Å²) in [5.41, 5.74) is 0.258. The number of Topliss-reactive ketones (excluding diaryl/α,β-unsaturated/α-hetero) is 1. The molecule has 1 aliphatic heterocycles. The third-order valence-corrected chi connectivity index (χ3v) is 2.89. The second-order valence-corrected chi connectivity index (χ2v) is 4.22. The highest BCUT2D eigenvalue weighted by Crippen LogP contribution is 2.33. The van der Waals surface area contributed by atoms with Gasteiger partial charge < -0.3 is 0 Å². The molecule has 0 radical (unpaired) electrons. The fourth-order valence-electron chi connectivity index (χ4n) is 1.87. The number of carbonyl (C=O) groups excluding carboxylic acids is 3. The lowest BCUT2D eigenvalue weighted by molar-refractivity contribution is 0.0640. The summed E-state index contributed by atoms with van der Waals surface area (Å²) in [5, 5.41) is 0. The maximum absolute atomic E-state index is 12.0. The minimum atomic E-state index is -0.405. The SMILES string of the molecule is CC(=O)c1ncc2c(n1)C(=O)N(C1CC1)C2=O. The Labute approximate surface area is 96.7 Å². The van der Waals surface area contributed by atoms with Crippen LogP contribution in [0.3, 0.4) is 0 Å². The van der Waals surface area contributed by atoms with Crippen molar-refractivity contribution in [3.05, 3.63) is 23.3 Å². The topological polar surface area (TPSA) is 80.2 Å². The number of fused-ring (bicyclic) bond motifs is 1. The van der Waals surface area contributed by atoms with Gasteiger partial charge in [0.1, 0.15) is 5.69 Å². The normalized spacial score (nSPS) is 18.5. The van der Waals surface area contributed by atoms with Crippen LogP contribution in [0.5, 0.6) is 0 Å². The molecule has 1 aromatic heterocycles. The van der Waals surface area contributed by atoms with Gasteiger partial charge in [0.2, 0.25) is 0 Å². The number of hydrogen-bond donors (Lipinski definition) is 0. The van der Waals surface area contributed by atoms with Gasteiger partial charge in [-0.1, -0.05) is 0 Å². The van der Waals surface area contributed by atoms with Crippen molar-refractivity contribution in [2.45, 2.75) is 25.8 Å². The second kappa shape index (κ2) is 3.19. The number of imide groups is 1. The lowest BCUT2D eigenvalue weighted by Crippen LogP contribution is -2.31. The van der Waals surface area contributed by atoms with Crippen LogP contribution in [0.1, 0.15) is 51.2 Å². The van der Waals surface area contributed by atoms with Crippen LogP contribution in [0.2, 0.25) is 0 Å². The van der Waals surface area contributed by atoms with Crippen LogP contribution in [0.4, 0.5) is 0 Å². The second-order valence-electron chi connectivity index (χ2n) is 4.22. The van der Waals surface area contributed by atoms with Crippen LogP contribution >= 0.6 is 0 Å². The van der Waals surface area contributed by atoms with E-state index in [9.17, 15) is 14.4 Å². The third-order valence-electron chi connectivity index (χ3n) is 2.89. The van der Waals surface area contributed by atoms with Gasteiger partial charge in [-0.2, -0.15) is 0 Å². The predicted molar refractivity (Wildman–Crippen MR) is 55.6 cm³/mol. The largest absolute Gasteiger partial charge is 0.291 e. The summed E-state index contributed by atoms with van der Waals surface area (Å²) in [7, 11) is 0. The summed E-state index contributed by atoms with van der Waals surface area (Å²) < 4.78 is 0. The van der Waals surface area contributed by atoms with Crippen molar-refractivity contribution < 1.29 is 14.4 Å². The van der Waals surface area contributed by atoms with Gasteiger partial charge >= 0.3 is 0 Å². The van der Waals surface area contributed by atoms with Gasteiger partial charge in [-0.25, -0.2) is 9.97 Å². The zero-order valence-electron chi connectivity index (χ0n) is 9.14. The summed E-state index contributed by atoms with van der Waals surface area (Å²) in [5.74, 6) is -1.10. The number of nitrogens with zero attached hydrogens (tertiary/aromatic N) is 3. The van der Waals surface area contributed by atoms with Gasteiger partial charge in [0, 0.05) is 19.2 Å². The first-order valence-corrected chi connectivity index (χ1v) is 5.35. The Morgan fingerprint density at radius 2 is 2.06 bits per heavy atom. The molecule has 86 valence electrons. The summed E-state index contributed by atoms with van der Waals surface area (Å²) in [4.78, 5) is 43.9. The first kappa shape index (κ1) is 10.1. The molecule has 1 fully saturated rings. The molecule has 6 heteroatoms. The zero-order valence-corrected chi connectivity index (χ0v) is 9.14. The van der Waals surface area contributed by atoms with E-state index in [2.05, 4.69) is 9.97 Å². The van der Waals surface area contributed by atoms with Crippen LogP contribution in [0.15, 0.2) is 6.20 Å². The Kier molecular flexibility index (Phi) is 1.89. The van der Waals surface area contributed by atoms with E-state index in [0.29, 0.717) is 0 Å². The van der Waals surface area contributed by atoms with E-state index in [0.717, 1.165) is 12.8 Å². The number of ketones is 1. The fraction of sp³-hybridized carbons (Fsp3) is 0.364. The number of amides is 2. The molecule has 0 spiro atoms.